The maximum absolute atomic E-state index is 13.1. The number of carbonyl (C=O) groups is 1. The van der Waals surface area contributed by atoms with E-state index in [-0.39, 0.29) is 12.5 Å². The molecule has 0 saturated carbocycles. The Morgan fingerprint density at radius 1 is 1.03 bits per heavy atom. The average molecular weight is 428 g/mol. The van der Waals surface area contributed by atoms with Crippen LogP contribution in [0.1, 0.15) is 37.3 Å². The van der Waals surface area contributed by atoms with Crippen LogP contribution in [0.5, 0.6) is 0 Å². The summed E-state index contributed by atoms with van der Waals surface area (Å²) < 4.78 is 66.2. The van der Waals surface area contributed by atoms with Crippen LogP contribution in [-0.2, 0) is 21.0 Å². The van der Waals surface area contributed by atoms with Crippen LogP contribution < -0.4 is 10.0 Å². The first kappa shape index (κ1) is 22.9. The van der Waals surface area contributed by atoms with Gasteiger partial charge in [0.15, 0.2) is 0 Å². The second kappa shape index (κ2) is 9.41. The minimum absolute atomic E-state index is 0.0370. The quantitative estimate of drug-likeness (QED) is 0.674. The van der Waals surface area contributed by atoms with Crippen LogP contribution in [0.3, 0.4) is 0 Å². The van der Waals surface area contributed by atoms with E-state index in [4.69, 9.17) is 0 Å². The highest BCUT2D eigenvalue weighted by Gasteiger charge is 2.37. The molecule has 0 aliphatic rings. The van der Waals surface area contributed by atoms with Crippen molar-refractivity contribution in [1.82, 2.24) is 10.0 Å². The first-order chi connectivity index (χ1) is 13.6. The molecule has 0 heterocycles. The van der Waals surface area contributed by atoms with E-state index in [2.05, 4.69) is 5.32 Å². The van der Waals surface area contributed by atoms with Crippen molar-refractivity contribution in [3.63, 3.8) is 0 Å². The molecule has 2 rings (SSSR count). The monoisotopic (exact) mass is 428 g/mol. The maximum Gasteiger partial charge on any atom is 0.417 e. The predicted molar refractivity (Wildman–Crippen MR) is 104 cm³/mol. The van der Waals surface area contributed by atoms with E-state index in [1.165, 1.54) is 13.0 Å². The molecule has 2 aromatic rings. The molecule has 0 spiro atoms. The highest BCUT2D eigenvalue weighted by atomic mass is 32.2. The van der Waals surface area contributed by atoms with Gasteiger partial charge in [0, 0.05) is 12.5 Å². The topological polar surface area (TPSA) is 75.3 Å². The standard InChI is InChI=1S/C20H23F3N2O3S/c1-3-15(16-9-5-4-6-10-16)13-24-19(26)14(2)25-29(27,28)18-12-8-7-11-17(18)20(21,22)23/h4-12,14-15,25H,3,13H2,1-2H3,(H,24,26). The molecule has 2 N–H and O–H groups in total. The molecule has 2 unspecified atom stereocenters. The van der Waals surface area contributed by atoms with Crippen molar-refractivity contribution in [2.75, 3.05) is 6.54 Å². The van der Waals surface area contributed by atoms with Crippen LogP contribution in [0.4, 0.5) is 13.2 Å². The lowest BCUT2D eigenvalue weighted by atomic mass is 9.96. The zero-order valence-electron chi connectivity index (χ0n) is 16.0. The summed E-state index contributed by atoms with van der Waals surface area (Å²) in [4.78, 5) is 11.4. The molecule has 2 aromatic carbocycles. The first-order valence-electron chi connectivity index (χ1n) is 9.07. The third-order valence-electron chi connectivity index (χ3n) is 4.49. The molecule has 0 aliphatic heterocycles. The van der Waals surface area contributed by atoms with Gasteiger partial charge in [0.25, 0.3) is 0 Å². The lowest BCUT2D eigenvalue weighted by molar-refractivity contribution is -0.139. The Balaban J connectivity index is 2.07. The summed E-state index contributed by atoms with van der Waals surface area (Å²) >= 11 is 0. The number of nitrogens with one attached hydrogen (secondary N) is 2. The third-order valence-corrected chi connectivity index (χ3v) is 6.09. The van der Waals surface area contributed by atoms with E-state index in [0.29, 0.717) is 6.07 Å². The molecule has 158 valence electrons. The zero-order chi connectivity index (χ0) is 21.7. The van der Waals surface area contributed by atoms with Crippen molar-refractivity contribution >= 4 is 15.9 Å². The van der Waals surface area contributed by atoms with Gasteiger partial charge in [0.05, 0.1) is 16.5 Å². The molecule has 9 heteroatoms. The van der Waals surface area contributed by atoms with Crippen molar-refractivity contribution < 1.29 is 26.4 Å². The van der Waals surface area contributed by atoms with E-state index < -0.39 is 38.6 Å². The zero-order valence-corrected chi connectivity index (χ0v) is 16.8. The summed E-state index contributed by atoms with van der Waals surface area (Å²) in [6, 6.07) is 12.1. The molecule has 0 aromatic heterocycles. The Kier molecular flexibility index (Phi) is 7.43. The fourth-order valence-corrected chi connectivity index (χ4v) is 4.32. The number of alkyl halides is 3. The van der Waals surface area contributed by atoms with Gasteiger partial charge >= 0.3 is 6.18 Å². The number of sulfonamides is 1. The van der Waals surface area contributed by atoms with E-state index in [1.54, 1.807) is 0 Å². The van der Waals surface area contributed by atoms with Crippen molar-refractivity contribution in [2.24, 2.45) is 0 Å². The molecule has 0 saturated heterocycles. The Bertz CT molecular complexity index is 931. The van der Waals surface area contributed by atoms with Gasteiger partial charge in [-0.3, -0.25) is 4.79 Å². The molecular weight excluding hydrogens is 405 g/mol. The molecule has 29 heavy (non-hydrogen) atoms. The summed E-state index contributed by atoms with van der Waals surface area (Å²) in [6.45, 7) is 3.53. The maximum atomic E-state index is 13.1. The van der Waals surface area contributed by atoms with Crippen LogP contribution >= 0.6 is 0 Å². The predicted octanol–water partition coefficient (Wildman–Crippen LogP) is 3.68. The van der Waals surface area contributed by atoms with Gasteiger partial charge in [0.1, 0.15) is 0 Å². The number of hydrogen-bond acceptors (Lipinski definition) is 3. The van der Waals surface area contributed by atoms with Crippen molar-refractivity contribution in [3.05, 3.63) is 65.7 Å². The molecule has 0 fully saturated rings. The number of benzene rings is 2. The number of hydrogen-bond donors (Lipinski definition) is 2. The van der Waals surface area contributed by atoms with Crippen LogP contribution in [0.25, 0.3) is 0 Å². The molecule has 1 amide bonds. The lowest BCUT2D eigenvalue weighted by Crippen LogP contribution is -2.46. The molecule has 5 nitrogen and oxygen atoms in total. The lowest BCUT2D eigenvalue weighted by Gasteiger charge is -2.20. The largest absolute Gasteiger partial charge is 0.417 e. The molecule has 2 atom stereocenters. The van der Waals surface area contributed by atoms with Gasteiger partial charge in [-0.05, 0) is 31.0 Å². The Morgan fingerprint density at radius 2 is 1.62 bits per heavy atom. The first-order valence-corrected chi connectivity index (χ1v) is 10.6. The second-order valence-electron chi connectivity index (χ2n) is 6.60. The number of rotatable bonds is 8. The van der Waals surface area contributed by atoms with Crippen molar-refractivity contribution in [2.45, 2.75) is 43.3 Å². The number of carbonyl (C=O) groups excluding carboxylic acids is 1. The van der Waals surface area contributed by atoms with E-state index in [1.807, 2.05) is 42.0 Å². The summed E-state index contributed by atoms with van der Waals surface area (Å²) in [6.07, 6.45) is -4.08. The van der Waals surface area contributed by atoms with Gasteiger partial charge in [0.2, 0.25) is 15.9 Å². The van der Waals surface area contributed by atoms with Gasteiger partial charge in [-0.2, -0.15) is 17.9 Å². The molecule has 0 bridgehead atoms. The van der Waals surface area contributed by atoms with E-state index >= 15 is 0 Å². The minimum Gasteiger partial charge on any atom is -0.354 e. The Labute approximate surface area is 168 Å². The smallest absolute Gasteiger partial charge is 0.354 e. The highest BCUT2D eigenvalue weighted by Crippen LogP contribution is 2.33. The SMILES string of the molecule is CCC(CNC(=O)C(C)NS(=O)(=O)c1ccccc1C(F)(F)F)c1ccccc1. The Hall–Kier alpha value is -2.39. The number of halogens is 3. The summed E-state index contributed by atoms with van der Waals surface area (Å²) in [5.74, 6) is -0.581. The van der Waals surface area contributed by atoms with Gasteiger partial charge in [-0.25, -0.2) is 8.42 Å². The molecular formula is C20H23F3N2O3S. The van der Waals surface area contributed by atoms with Crippen LogP contribution in [0.2, 0.25) is 0 Å². The average Bonchev–Trinajstić information content (AvgIpc) is 2.68. The van der Waals surface area contributed by atoms with Crippen molar-refractivity contribution in [3.8, 4) is 0 Å². The van der Waals surface area contributed by atoms with Gasteiger partial charge in [-0.1, -0.05) is 49.4 Å². The van der Waals surface area contributed by atoms with Gasteiger partial charge < -0.3 is 5.32 Å². The van der Waals surface area contributed by atoms with Crippen LogP contribution in [0, 0.1) is 0 Å². The molecule has 0 radical (unpaired) electrons. The second-order valence-corrected chi connectivity index (χ2v) is 8.28. The summed E-state index contributed by atoms with van der Waals surface area (Å²) in [5.41, 5.74) is -0.252. The van der Waals surface area contributed by atoms with Crippen LogP contribution in [-0.4, -0.2) is 26.9 Å². The fourth-order valence-electron chi connectivity index (χ4n) is 2.88. The summed E-state index contributed by atoms with van der Waals surface area (Å²) in [5, 5.41) is 2.66. The summed E-state index contributed by atoms with van der Waals surface area (Å²) in [7, 11) is -4.55. The van der Waals surface area contributed by atoms with E-state index in [9.17, 15) is 26.4 Å². The third kappa shape index (κ3) is 6.04. The minimum atomic E-state index is -4.83. The van der Waals surface area contributed by atoms with Crippen LogP contribution in [0.15, 0.2) is 59.5 Å². The highest BCUT2D eigenvalue weighted by molar-refractivity contribution is 7.89. The normalized spacial score (nSPS) is 14.2. The Morgan fingerprint density at radius 3 is 2.21 bits per heavy atom. The van der Waals surface area contributed by atoms with Gasteiger partial charge in [-0.15, -0.1) is 0 Å². The van der Waals surface area contributed by atoms with Crippen molar-refractivity contribution in [1.29, 1.82) is 0 Å². The van der Waals surface area contributed by atoms with E-state index in [0.717, 1.165) is 24.1 Å². The number of amides is 1. The fraction of sp³-hybridized carbons (Fsp3) is 0.350. The molecule has 0 aliphatic carbocycles.